The normalized spacial score (nSPS) is 24.9. The fraction of sp³-hybridized carbons (Fsp3) is 0.333. The number of benzene rings is 2. The van der Waals surface area contributed by atoms with Crippen molar-refractivity contribution in [1.82, 2.24) is 0 Å². The van der Waals surface area contributed by atoms with Gasteiger partial charge in [-0.15, -0.1) is 6.42 Å². The molecule has 0 amide bonds. The van der Waals surface area contributed by atoms with Crippen molar-refractivity contribution in [1.29, 1.82) is 0 Å². The number of ether oxygens (including phenoxy) is 3. The van der Waals surface area contributed by atoms with E-state index in [4.69, 9.17) is 20.6 Å². The molecule has 0 aliphatic carbocycles. The summed E-state index contributed by atoms with van der Waals surface area (Å²) in [5, 5.41) is 11.3. The van der Waals surface area contributed by atoms with Crippen molar-refractivity contribution in [3.8, 4) is 23.8 Å². The van der Waals surface area contributed by atoms with E-state index in [0.717, 1.165) is 24.8 Å². The molecule has 2 aliphatic rings. The quantitative estimate of drug-likeness (QED) is 0.855. The Morgan fingerprint density at radius 1 is 1.16 bits per heavy atom. The van der Waals surface area contributed by atoms with Crippen molar-refractivity contribution in [3.05, 3.63) is 59.2 Å². The maximum absolute atomic E-state index is 11.3. The second kappa shape index (κ2) is 6.44. The van der Waals surface area contributed by atoms with E-state index in [-0.39, 0.29) is 6.29 Å². The van der Waals surface area contributed by atoms with E-state index in [9.17, 15) is 5.11 Å². The minimum absolute atomic E-state index is 0.260. The Kier molecular flexibility index (Phi) is 4.12. The van der Waals surface area contributed by atoms with Crippen LogP contribution in [-0.4, -0.2) is 18.0 Å². The van der Waals surface area contributed by atoms with Gasteiger partial charge < -0.3 is 19.3 Å². The molecule has 4 nitrogen and oxygen atoms in total. The lowest BCUT2D eigenvalue weighted by molar-refractivity contribution is -0.106. The van der Waals surface area contributed by atoms with Crippen molar-refractivity contribution < 1.29 is 19.3 Å². The summed E-state index contributed by atoms with van der Waals surface area (Å²) in [5.74, 6) is 3.73. The topological polar surface area (TPSA) is 47.9 Å². The molecule has 2 heterocycles. The predicted molar refractivity (Wildman–Crippen MR) is 93.3 cm³/mol. The van der Waals surface area contributed by atoms with E-state index in [1.807, 2.05) is 30.3 Å². The third kappa shape index (κ3) is 2.86. The fourth-order valence-corrected chi connectivity index (χ4v) is 3.40. The minimum atomic E-state index is -1.56. The zero-order chi connectivity index (χ0) is 17.3. The third-order valence-corrected chi connectivity index (χ3v) is 4.75. The summed E-state index contributed by atoms with van der Waals surface area (Å²) in [5.41, 5.74) is 0.502. The van der Waals surface area contributed by atoms with Crippen LogP contribution in [0, 0.1) is 12.3 Å². The van der Waals surface area contributed by atoms with E-state index in [1.165, 1.54) is 0 Å². The maximum Gasteiger partial charge on any atom is 0.199 e. The Morgan fingerprint density at radius 2 is 2.04 bits per heavy atom. The summed E-state index contributed by atoms with van der Waals surface area (Å²) in [4.78, 5) is 0. The molecule has 0 spiro atoms. The van der Waals surface area contributed by atoms with Gasteiger partial charge >= 0.3 is 0 Å². The molecule has 0 aromatic heterocycles. The Balaban J connectivity index is 1.74. The first-order valence-electron chi connectivity index (χ1n) is 8.55. The Labute approximate surface area is 147 Å². The summed E-state index contributed by atoms with van der Waals surface area (Å²) < 4.78 is 17.4. The largest absolute Gasteiger partial charge is 0.488 e. The van der Waals surface area contributed by atoms with Crippen LogP contribution in [0.4, 0.5) is 0 Å². The molecular weight excluding hydrogens is 316 g/mol. The van der Waals surface area contributed by atoms with Gasteiger partial charge in [0, 0.05) is 17.5 Å². The lowest BCUT2D eigenvalue weighted by Crippen LogP contribution is -2.27. The van der Waals surface area contributed by atoms with Crippen molar-refractivity contribution in [2.24, 2.45) is 0 Å². The van der Waals surface area contributed by atoms with Crippen LogP contribution in [0.3, 0.4) is 0 Å². The highest BCUT2D eigenvalue weighted by Gasteiger charge is 2.37. The van der Waals surface area contributed by atoms with E-state index in [1.54, 1.807) is 12.1 Å². The zero-order valence-electron chi connectivity index (χ0n) is 13.9. The summed E-state index contributed by atoms with van der Waals surface area (Å²) >= 11 is 0. The van der Waals surface area contributed by atoms with E-state index in [2.05, 4.69) is 5.92 Å². The zero-order valence-corrected chi connectivity index (χ0v) is 13.9. The van der Waals surface area contributed by atoms with Crippen LogP contribution in [0.2, 0.25) is 0 Å². The van der Waals surface area contributed by atoms with Crippen molar-refractivity contribution in [2.45, 2.75) is 37.8 Å². The maximum atomic E-state index is 11.3. The molecule has 4 rings (SSSR count). The molecule has 1 fully saturated rings. The first-order chi connectivity index (χ1) is 12.2. The number of rotatable bonds is 2. The Morgan fingerprint density at radius 3 is 2.84 bits per heavy atom. The summed E-state index contributed by atoms with van der Waals surface area (Å²) in [6, 6.07) is 12.9. The molecule has 0 radical (unpaired) electrons. The SMILES string of the molecule is C#CC1(O)c2ccccc2COc2ccc(OC3CCCCO3)cc21. The van der Waals surface area contributed by atoms with Crippen LogP contribution in [0.1, 0.15) is 36.0 Å². The molecular formula is C21H20O4. The smallest absolute Gasteiger partial charge is 0.199 e. The van der Waals surface area contributed by atoms with Crippen molar-refractivity contribution in [2.75, 3.05) is 6.61 Å². The monoisotopic (exact) mass is 336 g/mol. The van der Waals surface area contributed by atoms with Crippen LogP contribution in [-0.2, 0) is 16.9 Å². The molecule has 2 atom stereocenters. The first-order valence-corrected chi connectivity index (χ1v) is 8.55. The van der Waals surface area contributed by atoms with Crippen LogP contribution >= 0.6 is 0 Å². The van der Waals surface area contributed by atoms with Crippen LogP contribution < -0.4 is 9.47 Å². The summed E-state index contributed by atoms with van der Waals surface area (Å²) in [6.45, 7) is 1.07. The summed E-state index contributed by atoms with van der Waals surface area (Å²) in [7, 11) is 0. The van der Waals surface area contributed by atoms with Crippen LogP contribution in [0.15, 0.2) is 42.5 Å². The molecule has 2 unspecified atom stereocenters. The fourth-order valence-electron chi connectivity index (χ4n) is 3.40. The second-order valence-electron chi connectivity index (χ2n) is 6.37. The van der Waals surface area contributed by atoms with Gasteiger partial charge in [0.1, 0.15) is 18.1 Å². The Hall–Kier alpha value is -2.48. The standard InChI is InChI=1S/C21H20O4/c1-2-21(22)17-8-4-3-7-15(17)14-24-19-11-10-16(13-18(19)21)25-20-9-5-6-12-23-20/h1,3-4,7-8,10-11,13,20,22H,5-6,9,12,14H2. The molecule has 1 saturated heterocycles. The highest BCUT2D eigenvalue weighted by Crippen LogP contribution is 2.42. The van der Waals surface area contributed by atoms with Gasteiger partial charge in [0.2, 0.25) is 0 Å². The third-order valence-electron chi connectivity index (χ3n) is 4.75. The highest BCUT2D eigenvalue weighted by atomic mass is 16.7. The number of terminal acetylenes is 1. The van der Waals surface area contributed by atoms with Crippen molar-refractivity contribution >= 4 is 0 Å². The summed E-state index contributed by atoms with van der Waals surface area (Å²) in [6.07, 6.45) is 8.49. The number of fused-ring (bicyclic) bond motifs is 2. The van der Waals surface area contributed by atoms with E-state index in [0.29, 0.717) is 35.8 Å². The average molecular weight is 336 g/mol. The number of aliphatic hydroxyl groups is 1. The van der Waals surface area contributed by atoms with Gasteiger partial charge in [-0.3, -0.25) is 0 Å². The van der Waals surface area contributed by atoms with E-state index >= 15 is 0 Å². The van der Waals surface area contributed by atoms with E-state index < -0.39 is 5.60 Å². The molecule has 4 heteroatoms. The van der Waals surface area contributed by atoms with Gasteiger partial charge in [-0.25, -0.2) is 0 Å². The van der Waals surface area contributed by atoms with Gasteiger partial charge in [0.25, 0.3) is 0 Å². The Bertz CT molecular complexity index is 817. The molecule has 2 aromatic rings. The molecule has 0 saturated carbocycles. The first kappa shape index (κ1) is 16.0. The van der Waals surface area contributed by atoms with Gasteiger partial charge in [-0.2, -0.15) is 0 Å². The lowest BCUT2D eigenvalue weighted by atomic mass is 9.84. The minimum Gasteiger partial charge on any atom is -0.488 e. The molecule has 128 valence electrons. The van der Waals surface area contributed by atoms with Gasteiger partial charge in [0.15, 0.2) is 11.9 Å². The second-order valence-corrected chi connectivity index (χ2v) is 6.37. The molecule has 2 aliphatic heterocycles. The van der Waals surface area contributed by atoms with Crippen LogP contribution in [0.5, 0.6) is 11.5 Å². The van der Waals surface area contributed by atoms with Gasteiger partial charge in [-0.1, -0.05) is 30.2 Å². The van der Waals surface area contributed by atoms with Gasteiger partial charge in [-0.05, 0) is 36.6 Å². The predicted octanol–water partition coefficient (Wildman–Crippen LogP) is 3.35. The average Bonchev–Trinajstić information content (AvgIpc) is 2.79. The van der Waals surface area contributed by atoms with Gasteiger partial charge in [0.05, 0.1) is 6.61 Å². The molecule has 2 aromatic carbocycles. The number of hydrogen-bond donors (Lipinski definition) is 1. The lowest BCUT2D eigenvalue weighted by Gasteiger charge is -2.26. The number of hydrogen-bond acceptors (Lipinski definition) is 4. The van der Waals surface area contributed by atoms with Crippen LogP contribution in [0.25, 0.3) is 0 Å². The highest BCUT2D eigenvalue weighted by molar-refractivity contribution is 5.56. The molecule has 0 bridgehead atoms. The molecule has 25 heavy (non-hydrogen) atoms. The van der Waals surface area contributed by atoms with Crippen molar-refractivity contribution in [3.63, 3.8) is 0 Å². The molecule has 1 N–H and O–H groups in total.